The molecule has 1 aliphatic heterocycles. The Labute approximate surface area is 228 Å². The number of amides is 3. The summed E-state index contributed by atoms with van der Waals surface area (Å²) in [6.45, 7) is -0.853. The molecular weight excluding hydrogens is 556 g/mol. The number of primary amides is 1. The third kappa shape index (κ3) is 4.95. The number of benzene rings is 2. The van der Waals surface area contributed by atoms with Crippen LogP contribution in [0.3, 0.4) is 0 Å². The summed E-state index contributed by atoms with van der Waals surface area (Å²) in [4.78, 5) is 43.0. The van der Waals surface area contributed by atoms with Crippen LogP contribution < -0.4 is 11.1 Å². The van der Waals surface area contributed by atoms with E-state index >= 15 is 4.39 Å². The number of likely N-dealkylation sites (tertiary alicyclic amines) is 1. The number of carbonyl (C=O) groups excluding carboxylic acids is 3. The molecule has 0 saturated carbocycles. The first-order chi connectivity index (χ1) is 19.0. The number of hydrogen-bond acceptors (Lipinski definition) is 5. The molecule has 40 heavy (non-hydrogen) atoms. The van der Waals surface area contributed by atoms with Gasteiger partial charge >= 0.3 is 0 Å². The Hall–Kier alpha value is -4.52. The Morgan fingerprint density at radius 2 is 1.85 bits per heavy atom. The van der Waals surface area contributed by atoms with Crippen molar-refractivity contribution >= 4 is 45.9 Å². The molecule has 3 amide bonds. The average molecular weight is 575 g/mol. The van der Waals surface area contributed by atoms with Crippen LogP contribution >= 0.6 is 11.6 Å². The molecule has 0 unspecified atom stereocenters. The monoisotopic (exact) mass is 574 g/mol. The molecule has 4 aromatic rings. The normalized spacial score (nSPS) is 16.9. The van der Waals surface area contributed by atoms with E-state index in [0.717, 1.165) is 11.0 Å². The number of aromatic nitrogens is 3. The van der Waals surface area contributed by atoms with Crippen LogP contribution in [0.2, 0.25) is 5.02 Å². The lowest BCUT2D eigenvalue weighted by Crippen LogP contribution is -2.44. The highest BCUT2D eigenvalue weighted by atomic mass is 35.5. The highest BCUT2D eigenvalue weighted by molar-refractivity contribution is 6.33. The first-order valence-corrected chi connectivity index (χ1v) is 12.2. The second-order valence-electron chi connectivity index (χ2n) is 9.06. The van der Waals surface area contributed by atoms with Gasteiger partial charge in [0, 0.05) is 29.1 Å². The fourth-order valence-electron chi connectivity index (χ4n) is 4.63. The van der Waals surface area contributed by atoms with Crippen molar-refractivity contribution in [3.05, 3.63) is 77.0 Å². The number of rotatable bonds is 6. The van der Waals surface area contributed by atoms with Gasteiger partial charge in [0.2, 0.25) is 11.8 Å². The van der Waals surface area contributed by atoms with Gasteiger partial charge in [0.1, 0.15) is 18.8 Å². The molecule has 206 valence electrons. The minimum absolute atomic E-state index is 0.0826. The molecule has 0 bridgehead atoms. The van der Waals surface area contributed by atoms with Gasteiger partial charge in [-0.3, -0.25) is 24.0 Å². The summed E-state index contributed by atoms with van der Waals surface area (Å²) in [5.74, 6) is -5.83. The lowest BCUT2D eigenvalue weighted by atomic mass is 10.0. The minimum atomic E-state index is -1.53. The fraction of sp³-hybridized carbons (Fsp3) is 0.192. The summed E-state index contributed by atoms with van der Waals surface area (Å²) in [6.07, 6.45) is 0.922. The predicted octanol–water partition coefficient (Wildman–Crippen LogP) is 3.85. The third-order valence-corrected chi connectivity index (χ3v) is 6.81. The van der Waals surface area contributed by atoms with Crippen molar-refractivity contribution in [1.29, 1.82) is 0 Å². The molecular formula is C26H19ClF4N6O3. The molecule has 3 N–H and O–H groups in total. The molecule has 2 atom stereocenters. The quantitative estimate of drug-likeness (QED) is 0.267. The maximum Gasteiger partial charge on any atom is 0.269 e. The van der Waals surface area contributed by atoms with E-state index in [1.54, 1.807) is 0 Å². The molecule has 1 saturated heterocycles. The number of fused-ring (bicyclic) bond motifs is 1. The maximum atomic E-state index is 15.4. The summed E-state index contributed by atoms with van der Waals surface area (Å²) in [6, 6.07) is 5.46. The van der Waals surface area contributed by atoms with E-state index in [9.17, 15) is 27.6 Å². The van der Waals surface area contributed by atoms with Gasteiger partial charge in [0.05, 0.1) is 29.0 Å². The standard InChI is InChI=1S/C26H19ClF4N6O3/c27-16-8-18(30)17(29)7-15(16)13-2-1-3-19(23(13)31)34-26(40)20-6-12(28)10-36(20)22(38)11-37-21-9-33-5-4-14(21)24(35-37)25(32)39/h1-5,7-9,12,20H,6,10-11H2,(H2,32,39)(H,34,40)/t12-,20+/m1/s1. The summed E-state index contributed by atoms with van der Waals surface area (Å²) >= 11 is 5.98. The number of pyridine rings is 1. The largest absolute Gasteiger partial charge is 0.364 e. The Morgan fingerprint density at radius 3 is 2.60 bits per heavy atom. The zero-order valence-electron chi connectivity index (χ0n) is 20.4. The van der Waals surface area contributed by atoms with E-state index in [2.05, 4.69) is 15.4 Å². The molecule has 1 aliphatic rings. The lowest BCUT2D eigenvalue weighted by Gasteiger charge is -2.24. The van der Waals surface area contributed by atoms with E-state index in [-0.39, 0.29) is 34.0 Å². The SMILES string of the molecule is NC(=O)c1nn(CC(=O)N2C[C@H](F)C[C@H]2C(=O)Nc2cccc(-c3cc(F)c(F)cc3Cl)c2F)c2cnccc12. The van der Waals surface area contributed by atoms with E-state index < -0.39 is 60.5 Å². The van der Waals surface area contributed by atoms with Crippen molar-refractivity contribution in [3.63, 3.8) is 0 Å². The lowest BCUT2D eigenvalue weighted by molar-refractivity contribution is -0.137. The number of carbonyl (C=O) groups is 3. The fourth-order valence-corrected chi connectivity index (χ4v) is 4.88. The molecule has 0 spiro atoms. The van der Waals surface area contributed by atoms with Crippen LogP contribution in [0.4, 0.5) is 23.2 Å². The van der Waals surface area contributed by atoms with Crippen molar-refractivity contribution in [2.45, 2.75) is 25.2 Å². The molecule has 3 heterocycles. The van der Waals surface area contributed by atoms with Crippen LogP contribution in [0.25, 0.3) is 22.0 Å². The number of nitrogens with one attached hydrogen (secondary N) is 1. The molecule has 0 aliphatic carbocycles. The van der Waals surface area contributed by atoms with Crippen LogP contribution in [0.1, 0.15) is 16.9 Å². The van der Waals surface area contributed by atoms with Crippen LogP contribution in [-0.2, 0) is 16.1 Å². The second kappa shape index (κ2) is 10.6. The van der Waals surface area contributed by atoms with Crippen molar-refractivity contribution in [3.8, 4) is 11.1 Å². The van der Waals surface area contributed by atoms with E-state index in [1.807, 2.05) is 0 Å². The molecule has 2 aromatic carbocycles. The first kappa shape index (κ1) is 27.1. The van der Waals surface area contributed by atoms with Gasteiger partial charge in [-0.2, -0.15) is 5.10 Å². The number of anilines is 1. The summed E-state index contributed by atoms with van der Waals surface area (Å²) in [5, 5.41) is 6.53. The van der Waals surface area contributed by atoms with Crippen molar-refractivity contribution in [2.75, 3.05) is 11.9 Å². The Morgan fingerprint density at radius 1 is 1.10 bits per heavy atom. The number of halogens is 5. The second-order valence-corrected chi connectivity index (χ2v) is 9.47. The molecule has 5 rings (SSSR count). The molecule has 0 radical (unpaired) electrons. The Balaban J connectivity index is 1.38. The maximum absolute atomic E-state index is 15.4. The topological polar surface area (TPSA) is 123 Å². The van der Waals surface area contributed by atoms with Crippen LogP contribution in [0.5, 0.6) is 0 Å². The van der Waals surface area contributed by atoms with Gasteiger partial charge < -0.3 is 16.0 Å². The zero-order valence-corrected chi connectivity index (χ0v) is 21.1. The van der Waals surface area contributed by atoms with Crippen molar-refractivity contribution in [2.24, 2.45) is 5.73 Å². The van der Waals surface area contributed by atoms with Crippen molar-refractivity contribution < 1.29 is 31.9 Å². The highest BCUT2D eigenvalue weighted by Gasteiger charge is 2.40. The third-order valence-electron chi connectivity index (χ3n) is 6.50. The smallest absolute Gasteiger partial charge is 0.269 e. The van der Waals surface area contributed by atoms with Gasteiger partial charge in [0.15, 0.2) is 23.1 Å². The first-order valence-electron chi connectivity index (χ1n) is 11.8. The van der Waals surface area contributed by atoms with Gasteiger partial charge in [-0.25, -0.2) is 17.6 Å². The number of nitrogens with zero attached hydrogens (tertiary/aromatic N) is 4. The predicted molar refractivity (Wildman–Crippen MR) is 136 cm³/mol. The Kier molecular flexibility index (Phi) is 7.15. The average Bonchev–Trinajstić information content (AvgIpc) is 3.49. The molecule has 2 aromatic heterocycles. The number of alkyl halides is 1. The summed E-state index contributed by atoms with van der Waals surface area (Å²) < 4.78 is 58.3. The van der Waals surface area contributed by atoms with Gasteiger partial charge in [-0.1, -0.05) is 23.7 Å². The Bertz CT molecular complexity index is 1680. The molecule has 9 nitrogen and oxygen atoms in total. The van der Waals surface area contributed by atoms with E-state index in [4.69, 9.17) is 17.3 Å². The van der Waals surface area contributed by atoms with Gasteiger partial charge in [-0.05, 0) is 24.3 Å². The summed E-state index contributed by atoms with van der Waals surface area (Å²) in [7, 11) is 0. The zero-order chi connectivity index (χ0) is 28.7. The van der Waals surface area contributed by atoms with Gasteiger partial charge in [-0.15, -0.1) is 0 Å². The van der Waals surface area contributed by atoms with E-state index in [0.29, 0.717) is 17.0 Å². The molecule has 14 heteroatoms. The summed E-state index contributed by atoms with van der Waals surface area (Å²) in [5.41, 5.74) is 4.92. The number of hydrogen-bond donors (Lipinski definition) is 2. The van der Waals surface area contributed by atoms with Crippen LogP contribution in [0, 0.1) is 17.5 Å². The van der Waals surface area contributed by atoms with Crippen LogP contribution in [-0.4, -0.2) is 56.1 Å². The minimum Gasteiger partial charge on any atom is -0.364 e. The number of nitrogens with two attached hydrogens (primary N) is 1. The van der Waals surface area contributed by atoms with Crippen molar-refractivity contribution in [1.82, 2.24) is 19.7 Å². The highest BCUT2D eigenvalue weighted by Crippen LogP contribution is 2.34. The molecule has 1 fully saturated rings. The van der Waals surface area contributed by atoms with E-state index in [1.165, 1.54) is 41.3 Å². The van der Waals surface area contributed by atoms with Crippen LogP contribution in [0.15, 0.2) is 48.8 Å². The van der Waals surface area contributed by atoms with Gasteiger partial charge in [0.25, 0.3) is 5.91 Å².